The predicted octanol–water partition coefficient (Wildman–Crippen LogP) is 2.65. The summed E-state index contributed by atoms with van der Waals surface area (Å²) in [6.45, 7) is 3.56. The fourth-order valence-electron chi connectivity index (χ4n) is 2.53. The molecule has 122 valence electrons. The molecule has 1 aliphatic rings. The molecule has 1 N–H and O–H groups in total. The Bertz CT molecular complexity index is 602. The lowest BCUT2D eigenvalue weighted by molar-refractivity contribution is -0.0966. The van der Waals surface area contributed by atoms with Crippen LogP contribution in [0.4, 0.5) is 5.69 Å². The quantitative estimate of drug-likeness (QED) is 0.888. The van der Waals surface area contributed by atoms with Gasteiger partial charge in [-0.05, 0) is 43.3 Å². The molecule has 0 aromatic heterocycles. The number of hydrogen-bond donors (Lipinski definition) is 1. The van der Waals surface area contributed by atoms with E-state index in [9.17, 15) is 5.11 Å². The highest BCUT2D eigenvalue weighted by Crippen LogP contribution is 2.24. The van der Waals surface area contributed by atoms with Gasteiger partial charge in [-0.2, -0.15) is 0 Å². The van der Waals surface area contributed by atoms with Gasteiger partial charge in [0, 0.05) is 5.69 Å². The fraction of sp³-hybridized carbons (Fsp3) is 0.333. The standard InChI is InChI=1S/C18H21NO4/c1-2-21-15-8-10-16(11-9-15)22-13-17-12-19(18(20)23-17)14-6-4-3-5-7-14/h3-11,17-18,20H,2,12-13H2,1H3. The highest BCUT2D eigenvalue weighted by Gasteiger charge is 2.31. The van der Waals surface area contributed by atoms with Gasteiger partial charge in [0.05, 0.1) is 13.2 Å². The molecular weight excluding hydrogens is 294 g/mol. The Morgan fingerprint density at radius 1 is 1.04 bits per heavy atom. The molecule has 0 spiro atoms. The van der Waals surface area contributed by atoms with Gasteiger partial charge in [0.25, 0.3) is 0 Å². The minimum absolute atomic E-state index is 0.184. The molecule has 1 saturated heterocycles. The van der Waals surface area contributed by atoms with Crippen molar-refractivity contribution in [3.63, 3.8) is 0 Å². The third-order valence-electron chi connectivity index (χ3n) is 3.64. The monoisotopic (exact) mass is 315 g/mol. The van der Waals surface area contributed by atoms with E-state index in [2.05, 4.69) is 0 Å². The number of aliphatic hydroxyl groups is 1. The van der Waals surface area contributed by atoms with E-state index in [0.29, 0.717) is 19.8 Å². The van der Waals surface area contributed by atoms with E-state index in [0.717, 1.165) is 17.2 Å². The van der Waals surface area contributed by atoms with Crippen molar-refractivity contribution in [2.45, 2.75) is 19.4 Å². The van der Waals surface area contributed by atoms with Crippen LogP contribution in [0.3, 0.4) is 0 Å². The number of para-hydroxylation sites is 1. The van der Waals surface area contributed by atoms with Crippen LogP contribution in [0.2, 0.25) is 0 Å². The second-order valence-electron chi connectivity index (χ2n) is 5.29. The van der Waals surface area contributed by atoms with Crippen LogP contribution in [-0.4, -0.2) is 37.4 Å². The van der Waals surface area contributed by atoms with Gasteiger partial charge in [-0.3, -0.25) is 0 Å². The van der Waals surface area contributed by atoms with Gasteiger partial charge in [0.15, 0.2) is 0 Å². The van der Waals surface area contributed by atoms with Gasteiger partial charge in [0.2, 0.25) is 6.41 Å². The van der Waals surface area contributed by atoms with Crippen LogP contribution >= 0.6 is 0 Å². The van der Waals surface area contributed by atoms with Gasteiger partial charge in [-0.25, -0.2) is 0 Å². The topological polar surface area (TPSA) is 51.2 Å². The zero-order valence-corrected chi connectivity index (χ0v) is 13.1. The number of ether oxygens (including phenoxy) is 3. The average molecular weight is 315 g/mol. The fourth-order valence-corrected chi connectivity index (χ4v) is 2.53. The number of rotatable bonds is 6. The molecule has 2 unspecified atom stereocenters. The molecular formula is C18H21NO4. The van der Waals surface area contributed by atoms with Crippen LogP contribution < -0.4 is 14.4 Å². The molecule has 1 heterocycles. The molecule has 3 rings (SSSR count). The molecule has 23 heavy (non-hydrogen) atoms. The van der Waals surface area contributed by atoms with E-state index in [1.54, 1.807) is 0 Å². The highest BCUT2D eigenvalue weighted by molar-refractivity contribution is 5.47. The van der Waals surface area contributed by atoms with E-state index in [1.165, 1.54) is 0 Å². The maximum absolute atomic E-state index is 10.0. The Balaban J connectivity index is 1.53. The van der Waals surface area contributed by atoms with Crippen molar-refractivity contribution in [1.82, 2.24) is 0 Å². The Morgan fingerprint density at radius 2 is 1.70 bits per heavy atom. The van der Waals surface area contributed by atoms with Crippen LogP contribution in [0.15, 0.2) is 54.6 Å². The van der Waals surface area contributed by atoms with Gasteiger partial charge in [-0.1, -0.05) is 18.2 Å². The normalized spacial score (nSPS) is 20.5. The Labute approximate surface area is 136 Å². The first-order valence-corrected chi connectivity index (χ1v) is 7.77. The van der Waals surface area contributed by atoms with Crippen LogP contribution in [0.5, 0.6) is 11.5 Å². The Kier molecular flexibility index (Phi) is 5.00. The van der Waals surface area contributed by atoms with E-state index in [4.69, 9.17) is 14.2 Å². The predicted molar refractivity (Wildman–Crippen MR) is 87.8 cm³/mol. The maximum atomic E-state index is 10.0. The number of nitrogens with zero attached hydrogens (tertiary/aromatic N) is 1. The molecule has 0 saturated carbocycles. The smallest absolute Gasteiger partial charge is 0.238 e. The maximum Gasteiger partial charge on any atom is 0.238 e. The summed E-state index contributed by atoms with van der Waals surface area (Å²) >= 11 is 0. The summed E-state index contributed by atoms with van der Waals surface area (Å²) in [7, 11) is 0. The molecule has 1 aliphatic heterocycles. The molecule has 5 nitrogen and oxygen atoms in total. The Morgan fingerprint density at radius 3 is 2.35 bits per heavy atom. The van der Waals surface area contributed by atoms with E-state index >= 15 is 0 Å². The van der Waals surface area contributed by atoms with Crippen molar-refractivity contribution in [3.8, 4) is 11.5 Å². The molecule has 0 radical (unpaired) electrons. The van der Waals surface area contributed by atoms with Gasteiger partial charge >= 0.3 is 0 Å². The minimum atomic E-state index is -0.939. The molecule has 0 bridgehead atoms. The number of aliphatic hydroxyl groups excluding tert-OH is 1. The van der Waals surface area contributed by atoms with Crippen molar-refractivity contribution >= 4 is 5.69 Å². The second kappa shape index (κ2) is 7.35. The van der Waals surface area contributed by atoms with Crippen molar-refractivity contribution in [2.75, 3.05) is 24.7 Å². The van der Waals surface area contributed by atoms with Crippen molar-refractivity contribution < 1.29 is 19.3 Å². The first kappa shape index (κ1) is 15.6. The lowest BCUT2D eigenvalue weighted by Gasteiger charge is -2.19. The minimum Gasteiger partial charge on any atom is -0.494 e. The van der Waals surface area contributed by atoms with Gasteiger partial charge in [0.1, 0.15) is 24.2 Å². The van der Waals surface area contributed by atoms with Crippen LogP contribution in [0, 0.1) is 0 Å². The lowest BCUT2D eigenvalue weighted by Crippen LogP contribution is -2.29. The summed E-state index contributed by atoms with van der Waals surface area (Å²) in [4.78, 5) is 1.81. The zero-order valence-electron chi connectivity index (χ0n) is 13.1. The van der Waals surface area contributed by atoms with Crippen molar-refractivity contribution in [1.29, 1.82) is 0 Å². The summed E-state index contributed by atoms with van der Waals surface area (Å²) in [5.74, 6) is 1.58. The molecule has 2 atom stereocenters. The first-order valence-electron chi connectivity index (χ1n) is 7.77. The van der Waals surface area contributed by atoms with Crippen LogP contribution in [0.1, 0.15) is 6.92 Å². The first-order chi connectivity index (χ1) is 11.3. The Hall–Kier alpha value is -2.24. The summed E-state index contributed by atoms with van der Waals surface area (Å²) < 4.78 is 16.7. The molecule has 1 fully saturated rings. The summed E-state index contributed by atoms with van der Waals surface area (Å²) in [6, 6.07) is 17.2. The highest BCUT2D eigenvalue weighted by atomic mass is 16.7. The van der Waals surface area contributed by atoms with Gasteiger partial charge in [-0.15, -0.1) is 0 Å². The molecule has 0 amide bonds. The van der Waals surface area contributed by atoms with E-state index in [-0.39, 0.29) is 6.10 Å². The van der Waals surface area contributed by atoms with Gasteiger partial charge < -0.3 is 24.2 Å². The molecule has 2 aromatic carbocycles. The number of anilines is 1. The van der Waals surface area contributed by atoms with E-state index < -0.39 is 6.41 Å². The second-order valence-corrected chi connectivity index (χ2v) is 5.29. The van der Waals surface area contributed by atoms with Crippen LogP contribution in [0.25, 0.3) is 0 Å². The van der Waals surface area contributed by atoms with Crippen molar-refractivity contribution in [3.05, 3.63) is 54.6 Å². The van der Waals surface area contributed by atoms with E-state index in [1.807, 2.05) is 66.4 Å². The summed E-state index contributed by atoms with van der Waals surface area (Å²) in [6.07, 6.45) is -1.12. The SMILES string of the molecule is CCOc1ccc(OCC2CN(c3ccccc3)C(O)O2)cc1. The third kappa shape index (κ3) is 3.94. The van der Waals surface area contributed by atoms with Crippen molar-refractivity contribution in [2.24, 2.45) is 0 Å². The molecule has 0 aliphatic carbocycles. The third-order valence-corrected chi connectivity index (χ3v) is 3.64. The summed E-state index contributed by atoms with van der Waals surface area (Å²) in [5.41, 5.74) is 0.934. The average Bonchev–Trinajstić information content (AvgIpc) is 2.96. The lowest BCUT2D eigenvalue weighted by atomic mass is 10.3. The number of hydrogen-bond acceptors (Lipinski definition) is 5. The molecule has 5 heteroatoms. The largest absolute Gasteiger partial charge is 0.494 e. The summed E-state index contributed by atoms with van der Waals surface area (Å²) in [5, 5.41) is 10.0. The zero-order chi connectivity index (χ0) is 16.1. The van der Waals surface area contributed by atoms with Crippen LogP contribution in [-0.2, 0) is 4.74 Å². The molecule has 2 aromatic rings. The number of benzene rings is 2.